The van der Waals surface area contributed by atoms with Crippen LogP contribution < -0.4 is 11.1 Å². The Morgan fingerprint density at radius 3 is 2.52 bits per heavy atom. The number of rotatable bonds is 5. The van der Waals surface area contributed by atoms with Gasteiger partial charge in [0.2, 0.25) is 5.91 Å². The first-order valence-electron chi connectivity index (χ1n) is 8.27. The molecule has 3 N–H and O–H groups in total. The number of carbonyl (C=O) groups excluding carboxylic acids is 2. The molecule has 0 aliphatic heterocycles. The molecule has 25 heavy (non-hydrogen) atoms. The average molecular weight is 334 g/mol. The largest absolute Gasteiger partial charge is 0.364 e. The van der Waals surface area contributed by atoms with Gasteiger partial charge in [-0.2, -0.15) is 5.10 Å². The van der Waals surface area contributed by atoms with Crippen LogP contribution in [0.25, 0.3) is 10.9 Å². The highest BCUT2D eigenvalue weighted by atomic mass is 16.2. The van der Waals surface area contributed by atoms with E-state index in [0.29, 0.717) is 6.54 Å². The van der Waals surface area contributed by atoms with Gasteiger partial charge in [-0.3, -0.25) is 14.3 Å². The predicted octanol–water partition coefficient (Wildman–Crippen LogP) is 2.53. The summed E-state index contributed by atoms with van der Waals surface area (Å²) in [6, 6.07) is 15.2. The summed E-state index contributed by atoms with van der Waals surface area (Å²) in [5.41, 5.74) is 8.39. The number of primary amides is 1. The third-order valence-corrected chi connectivity index (χ3v) is 4.39. The fourth-order valence-electron chi connectivity index (χ4n) is 2.89. The standard InChI is InChI=1S/C19H18N4O2/c20-18(24)17-15-3-1-2-4-16(15)23(22-17)11-12-5-9-14(10-6-12)21-19(25)13-7-8-13/h1-6,9-10,13H,7-8,11H2,(H2,20,24)(H,21,25). The molecule has 0 bridgehead atoms. The third kappa shape index (κ3) is 3.10. The van der Waals surface area contributed by atoms with E-state index < -0.39 is 5.91 Å². The first kappa shape index (κ1) is 15.4. The zero-order chi connectivity index (χ0) is 17.4. The summed E-state index contributed by atoms with van der Waals surface area (Å²) in [6.07, 6.45) is 1.97. The minimum Gasteiger partial charge on any atom is -0.364 e. The molecule has 2 aromatic carbocycles. The Kier molecular flexibility index (Phi) is 3.72. The molecule has 1 aromatic heterocycles. The van der Waals surface area contributed by atoms with Crippen LogP contribution in [0.15, 0.2) is 48.5 Å². The molecule has 1 aliphatic carbocycles. The van der Waals surface area contributed by atoms with Crippen LogP contribution in [0.3, 0.4) is 0 Å². The van der Waals surface area contributed by atoms with Gasteiger partial charge in [-0.15, -0.1) is 0 Å². The van der Waals surface area contributed by atoms with E-state index in [0.717, 1.165) is 35.0 Å². The monoisotopic (exact) mass is 334 g/mol. The second kappa shape index (κ2) is 6.05. The first-order valence-corrected chi connectivity index (χ1v) is 8.27. The summed E-state index contributed by atoms with van der Waals surface area (Å²) in [5, 5.41) is 8.03. The molecule has 0 saturated heterocycles. The average Bonchev–Trinajstić information content (AvgIpc) is 3.40. The van der Waals surface area contributed by atoms with E-state index in [2.05, 4.69) is 10.4 Å². The molecule has 0 atom stereocenters. The lowest BCUT2D eigenvalue weighted by atomic mass is 10.2. The zero-order valence-corrected chi connectivity index (χ0v) is 13.6. The van der Waals surface area contributed by atoms with Crippen molar-refractivity contribution < 1.29 is 9.59 Å². The maximum absolute atomic E-state index is 11.8. The minimum absolute atomic E-state index is 0.0944. The number of nitrogens with two attached hydrogens (primary N) is 1. The van der Waals surface area contributed by atoms with E-state index >= 15 is 0 Å². The summed E-state index contributed by atoms with van der Waals surface area (Å²) in [5.74, 6) is -0.257. The van der Waals surface area contributed by atoms with Crippen LogP contribution >= 0.6 is 0 Å². The number of benzene rings is 2. The van der Waals surface area contributed by atoms with Gasteiger partial charge in [-0.1, -0.05) is 30.3 Å². The van der Waals surface area contributed by atoms with E-state index in [1.807, 2.05) is 48.5 Å². The molecule has 1 fully saturated rings. The molecular formula is C19H18N4O2. The molecule has 0 spiro atoms. The van der Waals surface area contributed by atoms with Gasteiger partial charge in [0.05, 0.1) is 12.1 Å². The fraction of sp³-hybridized carbons (Fsp3) is 0.211. The van der Waals surface area contributed by atoms with Crippen molar-refractivity contribution in [1.82, 2.24) is 9.78 Å². The Labute approximate surface area is 144 Å². The maximum Gasteiger partial charge on any atom is 0.269 e. The van der Waals surface area contributed by atoms with Gasteiger partial charge < -0.3 is 11.1 Å². The highest BCUT2D eigenvalue weighted by molar-refractivity contribution is 6.04. The molecule has 3 aromatic rings. The van der Waals surface area contributed by atoms with Crippen molar-refractivity contribution in [2.75, 3.05) is 5.32 Å². The molecule has 126 valence electrons. The van der Waals surface area contributed by atoms with Gasteiger partial charge >= 0.3 is 0 Å². The number of hydrogen-bond acceptors (Lipinski definition) is 3. The molecule has 1 aliphatic rings. The quantitative estimate of drug-likeness (QED) is 0.751. The van der Waals surface area contributed by atoms with Crippen LogP contribution in [-0.2, 0) is 11.3 Å². The highest BCUT2D eigenvalue weighted by Crippen LogP contribution is 2.30. The number of carbonyl (C=O) groups is 2. The van der Waals surface area contributed by atoms with Gasteiger partial charge in [0.1, 0.15) is 0 Å². The predicted molar refractivity (Wildman–Crippen MR) is 95.1 cm³/mol. The summed E-state index contributed by atoms with van der Waals surface area (Å²) in [7, 11) is 0. The molecule has 1 heterocycles. The van der Waals surface area contributed by atoms with Crippen LogP contribution in [0.4, 0.5) is 5.69 Å². The number of anilines is 1. The molecule has 0 unspecified atom stereocenters. The van der Waals surface area contributed by atoms with Crippen molar-refractivity contribution in [1.29, 1.82) is 0 Å². The van der Waals surface area contributed by atoms with E-state index in [1.165, 1.54) is 0 Å². The number of nitrogens with one attached hydrogen (secondary N) is 1. The zero-order valence-electron chi connectivity index (χ0n) is 13.6. The molecule has 6 heteroatoms. The minimum atomic E-state index is -0.534. The Morgan fingerprint density at radius 2 is 1.84 bits per heavy atom. The number of nitrogens with zero attached hydrogens (tertiary/aromatic N) is 2. The van der Waals surface area contributed by atoms with Gasteiger partial charge in [-0.25, -0.2) is 0 Å². The summed E-state index contributed by atoms with van der Waals surface area (Å²) in [4.78, 5) is 23.4. The first-order chi connectivity index (χ1) is 12.1. The smallest absolute Gasteiger partial charge is 0.269 e. The van der Waals surface area contributed by atoms with E-state index in [-0.39, 0.29) is 17.5 Å². The lowest BCUT2D eigenvalue weighted by Gasteiger charge is -2.07. The SMILES string of the molecule is NC(=O)c1nn(Cc2ccc(NC(=O)C3CC3)cc2)c2ccccc12. The molecule has 6 nitrogen and oxygen atoms in total. The highest BCUT2D eigenvalue weighted by Gasteiger charge is 2.29. The van der Waals surface area contributed by atoms with Crippen LogP contribution in [0.1, 0.15) is 28.9 Å². The van der Waals surface area contributed by atoms with Crippen molar-refractivity contribution in [2.45, 2.75) is 19.4 Å². The van der Waals surface area contributed by atoms with Gasteiger partial charge in [0, 0.05) is 17.0 Å². The second-order valence-electron chi connectivity index (χ2n) is 6.35. The van der Waals surface area contributed by atoms with Crippen LogP contribution in [0.5, 0.6) is 0 Å². The fourth-order valence-corrected chi connectivity index (χ4v) is 2.89. The Hall–Kier alpha value is -3.15. The Morgan fingerprint density at radius 1 is 1.12 bits per heavy atom. The summed E-state index contributed by atoms with van der Waals surface area (Å²) < 4.78 is 1.77. The number of hydrogen-bond donors (Lipinski definition) is 2. The normalized spacial score (nSPS) is 13.8. The molecule has 0 radical (unpaired) electrons. The van der Waals surface area contributed by atoms with Crippen LogP contribution in [0.2, 0.25) is 0 Å². The number of amides is 2. The van der Waals surface area contributed by atoms with E-state index in [1.54, 1.807) is 4.68 Å². The Bertz CT molecular complexity index is 955. The van der Waals surface area contributed by atoms with Gasteiger partial charge in [0.25, 0.3) is 5.91 Å². The van der Waals surface area contributed by atoms with Crippen molar-refractivity contribution in [3.05, 3.63) is 59.8 Å². The molecule has 4 rings (SSSR count). The van der Waals surface area contributed by atoms with Gasteiger partial charge in [0.15, 0.2) is 5.69 Å². The summed E-state index contributed by atoms with van der Waals surface area (Å²) in [6.45, 7) is 0.518. The maximum atomic E-state index is 11.8. The lowest BCUT2D eigenvalue weighted by molar-refractivity contribution is -0.117. The summed E-state index contributed by atoms with van der Waals surface area (Å²) >= 11 is 0. The van der Waals surface area contributed by atoms with Crippen molar-refractivity contribution in [3.63, 3.8) is 0 Å². The third-order valence-electron chi connectivity index (χ3n) is 4.39. The second-order valence-corrected chi connectivity index (χ2v) is 6.35. The Balaban J connectivity index is 1.56. The molecule has 1 saturated carbocycles. The van der Waals surface area contributed by atoms with E-state index in [9.17, 15) is 9.59 Å². The van der Waals surface area contributed by atoms with Crippen LogP contribution in [-0.4, -0.2) is 21.6 Å². The number of para-hydroxylation sites is 1. The lowest BCUT2D eigenvalue weighted by Crippen LogP contribution is -2.13. The van der Waals surface area contributed by atoms with Crippen molar-refractivity contribution in [3.8, 4) is 0 Å². The van der Waals surface area contributed by atoms with Gasteiger partial charge in [-0.05, 0) is 36.6 Å². The van der Waals surface area contributed by atoms with Crippen molar-refractivity contribution in [2.24, 2.45) is 11.7 Å². The van der Waals surface area contributed by atoms with E-state index in [4.69, 9.17) is 5.73 Å². The van der Waals surface area contributed by atoms with Crippen LogP contribution in [0, 0.1) is 5.92 Å². The molecule has 2 amide bonds. The topological polar surface area (TPSA) is 90.0 Å². The molecular weight excluding hydrogens is 316 g/mol. The number of fused-ring (bicyclic) bond motifs is 1. The number of aromatic nitrogens is 2. The van der Waals surface area contributed by atoms with Crippen molar-refractivity contribution >= 4 is 28.4 Å².